The van der Waals surface area contributed by atoms with Crippen molar-refractivity contribution in [1.82, 2.24) is 24.5 Å². The first-order valence-electron chi connectivity index (χ1n) is 7.44. The molecule has 0 aliphatic carbocycles. The highest BCUT2D eigenvalue weighted by atomic mass is 19.1. The summed E-state index contributed by atoms with van der Waals surface area (Å²) in [6.07, 6.45) is 5.00. The van der Waals surface area contributed by atoms with Gasteiger partial charge in [-0.2, -0.15) is 0 Å². The van der Waals surface area contributed by atoms with Gasteiger partial charge in [0.1, 0.15) is 5.82 Å². The number of halogens is 1. The Morgan fingerprint density at radius 2 is 2.04 bits per heavy atom. The third-order valence-corrected chi connectivity index (χ3v) is 3.44. The maximum Gasteiger partial charge on any atom is 0.257 e. The van der Waals surface area contributed by atoms with E-state index in [1.165, 1.54) is 12.1 Å². The van der Waals surface area contributed by atoms with Crippen LogP contribution >= 0.6 is 0 Å². The number of amides is 1. The number of nitrogens with one attached hydrogen (secondary N) is 1. The lowest BCUT2D eigenvalue weighted by Crippen LogP contribution is -2.12. The van der Waals surface area contributed by atoms with Crippen LogP contribution in [-0.2, 0) is 7.05 Å². The molecule has 0 saturated carbocycles. The Hall–Kier alpha value is -3.03. The standard InChI is InChI=1S/C16H17FN6O/c1-10(2)23-8-15(20-21-23)19-16(24)12-4-11(5-13(17)6-12)14-7-22(3)9-18-14/h4-10H,1-3H3,(H,19,24). The first kappa shape index (κ1) is 15.9. The number of aromatic nitrogens is 5. The highest BCUT2D eigenvalue weighted by Gasteiger charge is 2.13. The van der Waals surface area contributed by atoms with E-state index in [1.807, 2.05) is 20.9 Å². The van der Waals surface area contributed by atoms with Crippen molar-refractivity contribution in [2.24, 2.45) is 7.05 Å². The van der Waals surface area contributed by atoms with E-state index in [9.17, 15) is 9.18 Å². The van der Waals surface area contributed by atoms with E-state index in [0.717, 1.165) is 0 Å². The zero-order valence-corrected chi connectivity index (χ0v) is 13.6. The van der Waals surface area contributed by atoms with Crippen molar-refractivity contribution in [2.75, 3.05) is 5.32 Å². The molecular formula is C16H17FN6O. The summed E-state index contributed by atoms with van der Waals surface area (Å²) >= 11 is 0. The van der Waals surface area contributed by atoms with Gasteiger partial charge >= 0.3 is 0 Å². The smallest absolute Gasteiger partial charge is 0.257 e. The topological polar surface area (TPSA) is 77.6 Å². The summed E-state index contributed by atoms with van der Waals surface area (Å²) in [5.41, 5.74) is 1.32. The number of imidazole rings is 1. The highest BCUT2D eigenvalue weighted by Crippen LogP contribution is 2.21. The summed E-state index contributed by atoms with van der Waals surface area (Å²) < 4.78 is 17.3. The molecule has 1 amide bonds. The van der Waals surface area contributed by atoms with Crippen LogP contribution in [0, 0.1) is 5.82 Å². The van der Waals surface area contributed by atoms with Crippen LogP contribution in [0.1, 0.15) is 30.2 Å². The number of nitrogens with zero attached hydrogens (tertiary/aromatic N) is 5. The molecule has 0 fully saturated rings. The fraction of sp³-hybridized carbons (Fsp3) is 0.250. The van der Waals surface area contributed by atoms with Gasteiger partial charge in [-0.05, 0) is 32.0 Å². The summed E-state index contributed by atoms with van der Waals surface area (Å²) in [6, 6.07) is 4.24. The quantitative estimate of drug-likeness (QED) is 0.799. The number of benzene rings is 1. The van der Waals surface area contributed by atoms with Gasteiger partial charge in [-0.25, -0.2) is 14.1 Å². The number of rotatable bonds is 4. The van der Waals surface area contributed by atoms with Crippen LogP contribution in [0.4, 0.5) is 10.2 Å². The largest absolute Gasteiger partial charge is 0.340 e. The summed E-state index contributed by atoms with van der Waals surface area (Å²) in [7, 11) is 1.82. The van der Waals surface area contributed by atoms with Gasteiger partial charge in [-0.3, -0.25) is 4.79 Å². The van der Waals surface area contributed by atoms with Gasteiger partial charge in [-0.15, -0.1) is 5.10 Å². The second kappa shape index (κ2) is 6.23. The molecule has 8 heteroatoms. The lowest BCUT2D eigenvalue weighted by molar-refractivity contribution is 0.102. The molecule has 124 valence electrons. The number of carbonyl (C=O) groups is 1. The molecule has 0 aliphatic rings. The molecule has 0 saturated heterocycles. The molecule has 1 N–H and O–H groups in total. The van der Waals surface area contributed by atoms with Crippen molar-refractivity contribution in [3.8, 4) is 11.3 Å². The molecule has 0 aliphatic heterocycles. The SMILES string of the molecule is CC(C)n1cc(NC(=O)c2cc(F)cc(-c3cn(C)cn3)c2)nn1. The molecular weight excluding hydrogens is 311 g/mol. The summed E-state index contributed by atoms with van der Waals surface area (Å²) in [6.45, 7) is 3.90. The van der Waals surface area contributed by atoms with E-state index in [4.69, 9.17) is 0 Å². The molecule has 3 rings (SSSR count). The van der Waals surface area contributed by atoms with Gasteiger partial charge in [0.2, 0.25) is 0 Å². The lowest BCUT2D eigenvalue weighted by atomic mass is 10.1. The van der Waals surface area contributed by atoms with Gasteiger partial charge in [0.05, 0.1) is 18.2 Å². The first-order chi connectivity index (χ1) is 11.4. The van der Waals surface area contributed by atoms with E-state index < -0.39 is 11.7 Å². The molecule has 0 spiro atoms. The molecule has 0 radical (unpaired) electrons. The minimum atomic E-state index is -0.505. The number of anilines is 1. The monoisotopic (exact) mass is 328 g/mol. The van der Waals surface area contributed by atoms with E-state index in [0.29, 0.717) is 17.1 Å². The predicted molar refractivity (Wildman–Crippen MR) is 87.0 cm³/mol. The van der Waals surface area contributed by atoms with Crippen LogP contribution in [-0.4, -0.2) is 30.5 Å². The zero-order valence-electron chi connectivity index (χ0n) is 13.6. The Bertz CT molecular complexity index is 882. The minimum Gasteiger partial charge on any atom is -0.340 e. The lowest BCUT2D eigenvalue weighted by Gasteiger charge is -2.05. The second-order valence-electron chi connectivity index (χ2n) is 5.78. The Morgan fingerprint density at radius 1 is 1.25 bits per heavy atom. The predicted octanol–water partition coefficient (Wildman–Crippen LogP) is 2.65. The molecule has 7 nitrogen and oxygen atoms in total. The highest BCUT2D eigenvalue weighted by molar-refractivity contribution is 6.04. The van der Waals surface area contributed by atoms with Crippen molar-refractivity contribution in [3.05, 3.63) is 48.3 Å². The molecule has 2 aromatic heterocycles. The van der Waals surface area contributed by atoms with Crippen molar-refractivity contribution in [2.45, 2.75) is 19.9 Å². The van der Waals surface area contributed by atoms with Crippen molar-refractivity contribution in [1.29, 1.82) is 0 Å². The second-order valence-corrected chi connectivity index (χ2v) is 5.78. The average molecular weight is 328 g/mol. The first-order valence-corrected chi connectivity index (χ1v) is 7.44. The minimum absolute atomic E-state index is 0.132. The molecule has 0 bridgehead atoms. The molecule has 0 atom stereocenters. The van der Waals surface area contributed by atoms with E-state index >= 15 is 0 Å². The Balaban J connectivity index is 1.85. The maximum atomic E-state index is 13.9. The Labute approximate surface area is 138 Å². The Kier molecular flexibility index (Phi) is 4.11. The molecule has 24 heavy (non-hydrogen) atoms. The third-order valence-electron chi connectivity index (χ3n) is 3.44. The number of aryl methyl sites for hydroxylation is 1. The fourth-order valence-corrected chi connectivity index (χ4v) is 2.21. The van der Waals surface area contributed by atoms with Crippen LogP contribution in [0.2, 0.25) is 0 Å². The number of hydrogen-bond acceptors (Lipinski definition) is 4. The van der Waals surface area contributed by atoms with Crippen molar-refractivity contribution in [3.63, 3.8) is 0 Å². The summed E-state index contributed by atoms with van der Waals surface area (Å²) in [4.78, 5) is 16.5. The van der Waals surface area contributed by atoms with Crippen molar-refractivity contribution >= 4 is 11.7 Å². The van der Waals surface area contributed by atoms with E-state index in [-0.39, 0.29) is 11.6 Å². The average Bonchev–Trinajstić information content (AvgIpc) is 3.15. The van der Waals surface area contributed by atoms with E-state index in [2.05, 4.69) is 20.6 Å². The van der Waals surface area contributed by atoms with Gasteiger partial charge in [0, 0.05) is 30.4 Å². The van der Waals surface area contributed by atoms with Gasteiger partial charge in [-0.1, -0.05) is 5.21 Å². The number of hydrogen-bond donors (Lipinski definition) is 1. The van der Waals surface area contributed by atoms with Crippen molar-refractivity contribution < 1.29 is 9.18 Å². The van der Waals surface area contributed by atoms with Gasteiger partial charge in [0.25, 0.3) is 5.91 Å². The summed E-state index contributed by atoms with van der Waals surface area (Å²) in [5, 5.41) is 10.4. The normalized spacial score (nSPS) is 11.0. The van der Waals surface area contributed by atoms with Gasteiger partial charge < -0.3 is 9.88 Å². The van der Waals surface area contributed by atoms with Crippen LogP contribution in [0.25, 0.3) is 11.3 Å². The molecule has 1 aromatic carbocycles. The van der Waals surface area contributed by atoms with Crippen LogP contribution in [0.15, 0.2) is 36.9 Å². The molecule has 0 unspecified atom stereocenters. The third kappa shape index (κ3) is 3.32. The molecule has 2 heterocycles. The maximum absolute atomic E-state index is 13.9. The van der Waals surface area contributed by atoms with Crippen LogP contribution < -0.4 is 5.32 Å². The Morgan fingerprint density at radius 3 is 2.67 bits per heavy atom. The van der Waals surface area contributed by atoms with Crippen LogP contribution in [0.5, 0.6) is 0 Å². The van der Waals surface area contributed by atoms with Crippen LogP contribution in [0.3, 0.4) is 0 Å². The number of carbonyl (C=O) groups excluding carboxylic acids is 1. The molecule has 3 aromatic rings. The van der Waals surface area contributed by atoms with Gasteiger partial charge in [0.15, 0.2) is 5.82 Å². The van der Waals surface area contributed by atoms with E-state index in [1.54, 1.807) is 34.0 Å². The fourth-order valence-electron chi connectivity index (χ4n) is 2.21. The summed E-state index contributed by atoms with van der Waals surface area (Å²) in [5.74, 6) is -0.644. The zero-order chi connectivity index (χ0) is 17.3.